The van der Waals surface area contributed by atoms with Gasteiger partial charge in [-0.3, -0.25) is 4.98 Å². The molecule has 0 radical (unpaired) electrons. The molecule has 0 bridgehead atoms. The third-order valence-electron chi connectivity index (χ3n) is 11.2. The van der Waals surface area contributed by atoms with E-state index in [9.17, 15) is 13.2 Å². The molecule has 0 atom stereocenters. The second kappa shape index (κ2) is 11.5. The summed E-state index contributed by atoms with van der Waals surface area (Å²) < 4.78 is 52.8. The molecule has 0 amide bonds. The van der Waals surface area contributed by atoms with Crippen LogP contribution in [0, 0.1) is 0 Å². The van der Waals surface area contributed by atoms with Crippen molar-refractivity contribution in [1.29, 1.82) is 0 Å². The highest BCUT2D eigenvalue weighted by Gasteiger charge is 2.32. The zero-order valence-corrected chi connectivity index (χ0v) is 30.9. The van der Waals surface area contributed by atoms with Crippen LogP contribution in [0.15, 0.2) is 158 Å². The van der Waals surface area contributed by atoms with E-state index in [1.807, 2.05) is 36.4 Å². The highest BCUT2D eigenvalue weighted by Crippen LogP contribution is 2.46. The number of hydrogen-bond donors (Lipinski definition) is 0. The van der Waals surface area contributed by atoms with Crippen molar-refractivity contribution in [3.05, 3.63) is 163 Å². The van der Waals surface area contributed by atoms with Crippen LogP contribution in [-0.2, 0) is 6.18 Å². The largest absolute Gasteiger partial charge is 0.416 e. The van der Waals surface area contributed by atoms with Gasteiger partial charge in [-0.25, -0.2) is 0 Å². The van der Waals surface area contributed by atoms with Crippen molar-refractivity contribution in [3.63, 3.8) is 0 Å². The lowest BCUT2D eigenvalue weighted by molar-refractivity contribution is -0.137. The molecule has 56 heavy (non-hydrogen) atoms. The van der Waals surface area contributed by atoms with Gasteiger partial charge in [0.05, 0.1) is 39.0 Å². The Kier molecular flexibility index (Phi) is 6.55. The summed E-state index contributed by atoms with van der Waals surface area (Å²) in [7, 11) is 0. The van der Waals surface area contributed by atoms with Crippen LogP contribution in [0.5, 0.6) is 0 Å². The van der Waals surface area contributed by atoms with Crippen molar-refractivity contribution < 1.29 is 13.2 Å². The molecule has 12 aromatic rings. The maximum Gasteiger partial charge on any atom is 0.416 e. The second-order valence-corrected chi connectivity index (χ2v) is 16.3. The number of hydrogen-bond acceptors (Lipinski definition) is 3. The lowest BCUT2D eigenvalue weighted by atomic mass is 10.0. The standard InChI is InChI=1S/C48H26F3N3S2/c49-48(50,51)27-17-20-39(54-38-14-6-2-12-34(38)45-41(54)22-19-32-30-10-4-8-16-43(30)56-47(32)45)35(25-27)36-26-28(23-24-52-36)53-37-13-5-1-11-33(37)44-40(53)21-18-31-29-9-3-7-15-42(29)55-46(31)44/h1-26H. The van der Waals surface area contributed by atoms with Gasteiger partial charge in [0.2, 0.25) is 0 Å². The summed E-state index contributed by atoms with van der Waals surface area (Å²) >= 11 is 3.54. The molecular formula is C48H26F3N3S2. The van der Waals surface area contributed by atoms with E-state index >= 15 is 0 Å². The van der Waals surface area contributed by atoms with Gasteiger partial charge in [-0.2, -0.15) is 13.2 Å². The number of rotatable bonds is 3. The van der Waals surface area contributed by atoms with E-state index in [-0.39, 0.29) is 0 Å². The Morgan fingerprint density at radius 1 is 0.464 bits per heavy atom. The van der Waals surface area contributed by atoms with Gasteiger partial charge in [0.25, 0.3) is 0 Å². The predicted molar refractivity (Wildman–Crippen MR) is 229 cm³/mol. The molecule has 0 spiro atoms. The summed E-state index contributed by atoms with van der Waals surface area (Å²) in [6, 6.07) is 49.9. The van der Waals surface area contributed by atoms with Gasteiger partial charge in [-0.05, 0) is 66.7 Å². The Morgan fingerprint density at radius 2 is 1.00 bits per heavy atom. The molecule has 7 aromatic carbocycles. The van der Waals surface area contributed by atoms with Crippen LogP contribution in [0.1, 0.15) is 5.56 Å². The molecule has 0 aliphatic carbocycles. The van der Waals surface area contributed by atoms with Crippen molar-refractivity contribution in [2.24, 2.45) is 0 Å². The molecular weight excluding hydrogens is 740 g/mol. The maximum absolute atomic E-state index is 14.6. The molecule has 0 aliphatic heterocycles. The Bertz CT molecular complexity index is 3600. The van der Waals surface area contributed by atoms with Gasteiger partial charge < -0.3 is 9.13 Å². The molecule has 5 aromatic heterocycles. The molecule has 0 saturated carbocycles. The minimum absolute atomic E-state index is 0.397. The number of alkyl halides is 3. The summed E-state index contributed by atoms with van der Waals surface area (Å²) in [6.07, 6.45) is -2.84. The molecule has 0 fully saturated rings. The van der Waals surface area contributed by atoms with Crippen LogP contribution in [0.4, 0.5) is 13.2 Å². The van der Waals surface area contributed by atoms with Crippen LogP contribution in [0.2, 0.25) is 0 Å². The maximum atomic E-state index is 14.6. The highest BCUT2D eigenvalue weighted by molar-refractivity contribution is 7.27. The number of pyridine rings is 1. The SMILES string of the molecule is FC(F)(F)c1ccc(-n2c3ccccc3c3c4sc5ccccc5c4ccc32)c(-c2cc(-n3c4ccccc4c4c5sc6ccccc6c5ccc43)ccn2)c1. The molecule has 8 heteroatoms. The topological polar surface area (TPSA) is 22.8 Å². The highest BCUT2D eigenvalue weighted by atomic mass is 32.1. The number of aromatic nitrogens is 3. The van der Waals surface area contributed by atoms with Gasteiger partial charge in [-0.15, -0.1) is 22.7 Å². The van der Waals surface area contributed by atoms with Crippen molar-refractivity contribution in [2.75, 3.05) is 0 Å². The first kappa shape index (κ1) is 31.8. The number of fused-ring (bicyclic) bond motifs is 14. The fourth-order valence-electron chi connectivity index (χ4n) is 8.83. The van der Waals surface area contributed by atoms with E-state index in [1.165, 1.54) is 47.8 Å². The summed E-state index contributed by atoms with van der Waals surface area (Å²) in [4.78, 5) is 4.80. The Balaban J connectivity index is 1.13. The van der Waals surface area contributed by atoms with E-state index in [0.29, 0.717) is 16.9 Å². The lowest BCUT2D eigenvalue weighted by Crippen LogP contribution is -2.07. The third-order valence-corrected chi connectivity index (χ3v) is 13.6. The van der Waals surface area contributed by atoms with Crippen LogP contribution in [-0.4, -0.2) is 14.1 Å². The monoisotopic (exact) mass is 765 g/mol. The van der Waals surface area contributed by atoms with E-state index in [2.05, 4.69) is 106 Å². The molecule has 0 aliphatic rings. The molecule has 5 heterocycles. The minimum atomic E-state index is -4.54. The van der Waals surface area contributed by atoms with E-state index in [4.69, 9.17) is 4.98 Å². The fraction of sp³-hybridized carbons (Fsp3) is 0.0208. The molecule has 12 rings (SSSR count). The quantitative estimate of drug-likeness (QED) is 0.176. The molecule has 3 nitrogen and oxygen atoms in total. The van der Waals surface area contributed by atoms with Crippen LogP contribution < -0.4 is 0 Å². The van der Waals surface area contributed by atoms with Gasteiger partial charge in [-0.1, -0.05) is 84.9 Å². The average molecular weight is 766 g/mol. The second-order valence-electron chi connectivity index (χ2n) is 14.2. The van der Waals surface area contributed by atoms with Crippen molar-refractivity contribution >= 4 is 107 Å². The smallest absolute Gasteiger partial charge is 0.309 e. The average Bonchev–Trinajstić information content (AvgIpc) is 3.97. The zero-order valence-electron chi connectivity index (χ0n) is 29.3. The Hall–Kier alpha value is -6.48. The lowest BCUT2D eigenvalue weighted by Gasteiger charge is -2.17. The van der Waals surface area contributed by atoms with Crippen LogP contribution in [0.25, 0.3) is 107 Å². The summed E-state index contributed by atoms with van der Waals surface area (Å²) in [6.45, 7) is 0. The number of nitrogens with zero attached hydrogens (tertiary/aromatic N) is 3. The predicted octanol–water partition coefficient (Wildman–Crippen LogP) is 14.7. The summed E-state index contributed by atoms with van der Waals surface area (Å²) in [5.74, 6) is 0. The van der Waals surface area contributed by atoms with Gasteiger partial charge in [0.15, 0.2) is 0 Å². The molecule has 0 N–H and O–H groups in total. The van der Waals surface area contributed by atoms with Gasteiger partial charge >= 0.3 is 6.18 Å². The Morgan fingerprint density at radius 3 is 1.61 bits per heavy atom. The normalized spacial score (nSPS) is 12.6. The van der Waals surface area contributed by atoms with E-state index in [1.54, 1.807) is 34.9 Å². The van der Waals surface area contributed by atoms with Crippen molar-refractivity contribution in [3.8, 4) is 22.6 Å². The number of thiophene rings is 2. The number of benzene rings is 7. The molecule has 266 valence electrons. The third kappa shape index (κ3) is 4.42. The minimum Gasteiger partial charge on any atom is -0.309 e. The van der Waals surface area contributed by atoms with Gasteiger partial charge in [0.1, 0.15) is 0 Å². The first-order valence-electron chi connectivity index (χ1n) is 18.3. The number of para-hydroxylation sites is 2. The first-order valence-corrected chi connectivity index (χ1v) is 19.9. The molecule has 0 saturated heterocycles. The van der Waals surface area contributed by atoms with Crippen LogP contribution >= 0.6 is 22.7 Å². The summed E-state index contributed by atoms with van der Waals surface area (Å²) in [5.41, 5.74) is 5.46. The Labute approximate surface area is 324 Å². The summed E-state index contributed by atoms with van der Waals surface area (Å²) in [5, 5.41) is 9.22. The number of halogens is 3. The van der Waals surface area contributed by atoms with E-state index in [0.717, 1.165) is 54.0 Å². The first-order chi connectivity index (χ1) is 27.4. The van der Waals surface area contributed by atoms with Crippen LogP contribution in [0.3, 0.4) is 0 Å². The molecule has 0 unspecified atom stereocenters. The van der Waals surface area contributed by atoms with E-state index < -0.39 is 11.7 Å². The van der Waals surface area contributed by atoms with Crippen molar-refractivity contribution in [1.82, 2.24) is 14.1 Å². The van der Waals surface area contributed by atoms with Gasteiger partial charge in [0, 0.05) is 79.3 Å². The zero-order chi connectivity index (χ0) is 37.3. The fourth-order valence-corrected chi connectivity index (χ4v) is 11.3. The van der Waals surface area contributed by atoms with Crippen molar-refractivity contribution in [2.45, 2.75) is 6.18 Å².